The number of nitro benzene ring substituents is 1. The zero-order valence-corrected chi connectivity index (χ0v) is 10.2. The predicted molar refractivity (Wildman–Crippen MR) is 63.4 cm³/mol. The second-order valence-electron chi connectivity index (χ2n) is 3.79. The minimum atomic E-state index is -4.22. The minimum Gasteiger partial charge on any atom is -0.497 e. The molecule has 0 aliphatic carbocycles. The van der Waals surface area contributed by atoms with E-state index in [9.17, 15) is 23.3 Å². The molecule has 0 spiro atoms. The topological polar surface area (TPSA) is 64.4 Å². The van der Waals surface area contributed by atoms with E-state index in [4.69, 9.17) is 4.74 Å². The number of alkyl halides is 3. The maximum absolute atomic E-state index is 12.0. The molecule has 1 aromatic rings. The Morgan fingerprint density at radius 3 is 2.63 bits per heavy atom. The van der Waals surface area contributed by atoms with E-state index in [2.05, 4.69) is 5.32 Å². The number of halogens is 3. The highest BCUT2D eigenvalue weighted by Gasteiger charge is 2.26. The van der Waals surface area contributed by atoms with Crippen LogP contribution in [-0.2, 0) is 0 Å². The summed E-state index contributed by atoms with van der Waals surface area (Å²) in [5.74, 6) is 0.393. The maximum atomic E-state index is 12.0. The standard InChI is InChI=1S/C11H13F3N2O3/c1-19-8-3-4-10(16(17)18)9(7-8)15-6-2-5-11(12,13)14/h3-4,7,15H,2,5-6H2,1H3. The van der Waals surface area contributed by atoms with Gasteiger partial charge in [-0.25, -0.2) is 0 Å². The molecule has 0 atom stereocenters. The third-order valence-electron chi connectivity index (χ3n) is 2.35. The number of nitrogens with one attached hydrogen (secondary N) is 1. The molecular formula is C11H13F3N2O3. The molecule has 0 heterocycles. The van der Waals surface area contributed by atoms with Gasteiger partial charge in [0.2, 0.25) is 0 Å². The number of hydrogen-bond donors (Lipinski definition) is 1. The molecule has 0 aromatic heterocycles. The SMILES string of the molecule is COc1ccc([N+](=O)[O-])c(NCCCC(F)(F)F)c1. The van der Waals surface area contributed by atoms with Gasteiger partial charge in [-0.05, 0) is 12.5 Å². The summed E-state index contributed by atoms with van der Waals surface area (Å²) in [4.78, 5) is 10.2. The van der Waals surface area contributed by atoms with Gasteiger partial charge in [0, 0.05) is 25.1 Å². The molecule has 0 radical (unpaired) electrons. The van der Waals surface area contributed by atoms with Gasteiger partial charge in [0.05, 0.1) is 12.0 Å². The first-order valence-electron chi connectivity index (χ1n) is 5.46. The van der Waals surface area contributed by atoms with E-state index in [1.165, 1.54) is 25.3 Å². The van der Waals surface area contributed by atoms with E-state index in [-0.39, 0.29) is 24.3 Å². The molecule has 0 saturated carbocycles. The summed E-state index contributed by atoms with van der Waals surface area (Å²) in [7, 11) is 1.40. The van der Waals surface area contributed by atoms with E-state index >= 15 is 0 Å². The first kappa shape index (κ1) is 15.1. The third-order valence-corrected chi connectivity index (χ3v) is 2.35. The number of ether oxygens (including phenoxy) is 1. The molecule has 19 heavy (non-hydrogen) atoms. The quantitative estimate of drug-likeness (QED) is 0.492. The number of hydrogen-bond acceptors (Lipinski definition) is 4. The molecule has 0 aliphatic heterocycles. The molecule has 1 rings (SSSR count). The average molecular weight is 278 g/mol. The van der Waals surface area contributed by atoms with Crippen molar-refractivity contribution in [3.05, 3.63) is 28.3 Å². The molecule has 0 bridgehead atoms. The first-order chi connectivity index (χ1) is 8.83. The van der Waals surface area contributed by atoms with Gasteiger partial charge >= 0.3 is 6.18 Å². The van der Waals surface area contributed by atoms with Crippen LogP contribution in [0.5, 0.6) is 5.75 Å². The zero-order valence-electron chi connectivity index (χ0n) is 10.2. The highest BCUT2D eigenvalue weighted by Crippen LogP contribution is 2.29. The van der Waals surface area contributed by atoms with Crippen LogP contribution in [0.2, 0.25) is 0 Å². The fraction of sp³-hybridized carbons (Fsp3) is 0.455. The predicted octanol–water partition coefficient (Wildman–Crippen LogP) is 3.36. The van der Waals surface area contributed by atoms with Gasteiger partial charge in [-0.3, -0.25) is 10.1 Å². The van der Waals surface area contributed by atoms with Gasteiger partial charge in [-0.2, -0.15) is 13.2 Å². The fourth-order valence-corrected chi connectivity index (χ4v) is 1.45. The van der Waals surface area contributed by atoms with Crippen molar-refractivity contribution >= 4 is 11.4 Å². The Morgan fingerprint density at radius 1 is 1.42 bits per heavy atom. The molecule has 0 amide bonds. The van der Waals surface area contributed by atoms with Crippen molar-refractivity contribution in [3.63, 3.8) is 0 Å². The minimum absolute atomic E-state index is 0.00643. The van der Waals surface area contributed by atoms with E-state index in [0.717, 1.165) is 0 Å². The van der Waals surface area contributed by atoms with Crippen molar-refractivity contribution < 1.29 is 22.8 Å². The number of anilines is 1. The molecule has 0 unspecified atom stereocenters. The summed E-state index contributed by atoms with van der Waals surface area (Å²) >= 11 is 0. The van der Waals surface area contributed by atoms with Crippen LogP contribution in [0.4, 0.5) is 24.5 Å². The van der Waals surface area contributed by atoms with Crippen LogP contribution in [0.25, 0.3) is 0 Å². The molecule has 1 aromatic carbocycles. The normalized spacial score (nSPS) is 11.2. The van der Waals surface area contributed by atoms with Crippen LogP contribution in [0.1, 0.15) is 12.8 Å². The summed E-state index contributed by atoms with van der Waals surface area (Å²) < 4.78 is 40.8. The van der Waals surface area contributed by atoms with Crippen LogP contribution in [0.15, 0.2) is 18.2 Å². The maximum Gasteiger partial charge on any atom is 0.389 e. The van der Waals surface area contributed by atoms with Gasteiger partial charge in [0.15, 0.2) is 0 Å². The van der Waals surface area contributed by atoms with Gasteiger partial charge in [-0.1, -0.05) is 0 Å². The summed E-state index contributed by atoms with van der Waals surface area (Å²) in [5, 5.41) is 13.4. The van der Waals surface area contributed by atoms with Crippen LogP contribution in [0, 0.1) is 10.1 Å². The number of benzene rings is 1. The van der Waals surface area contributed by atoms with Gasteiger partial charge in [0.25, 0.3) is 5.69 Å². The van der Waals surface area contributed by atoms with Crippen LogP contribution in [-0.4, -0.2) is 24.8 Å². The second-order valence-corrected chi connectivity index (χ2v) is 3.79. The molecular weight excluding hydrogens is 265 g/mol. The number of methoxy groups -OCH3 is 1. The largest absolute Gasteiger partial charge is 0.497 e. The Morgan fingerprint density at radius 2 is 2.11 bits per heavy atom. The highest BCUT2D eigenvalue weighted by molar-refractivity contribution is 5.64. The molecule has 1 N–H and O–H groups in total. The molecule has 106 valence electrons. The fourth-order valence-electron chi connectivity index (χ4n) is 1.45. The van der Waals surface area contributed by atoms with Gasteiger partial charge in [-0.15, -0.1) is 0 Å². The molecule has 5 nitrogen and oxygen atoms in total. The Balaban J connectivity index is 2.67. The summed E-state index contributed by atoms with van der Waals surface area (Å²) in [6.07, 6.45) is -5.31. The lowest BCUT2D eigenvalue weighted by Crippen LogP contribution is -2.11. The summed E-state index contributed by atoms with van der Waals surface area (Å²) in [6, 6.07) is 4.04. The van der Waals surface area contributed by atoms with Crippen molar-refractivity contribution in [2.45, 2.75) is 19.0 Å². The number of nitrogens with zero attached hydrogens (tertiary/aromatic N) is 1. The van der Waals surface area contributed by atoms with Crippen LogP contribution < -0.4 is 10.1 Å². The number of rotatable bonds is 6. The second kappa shape index (κ2) is 6.26. The summed E-state index contributed by atoms with van der Waals surface area (Å²) in [6.45, 7) is -0.00643. The highest BCUT2D eigenvalue weighted by atomic mass is 19.4. The average Bonchev–Trinajstić information content (AvgIpc) is 2.33. The monoisotopic (exact) mass is 278 g/mol. The molecule has 0 aliphatic rings. The van der Waals surface area contributed by atoms with E-state index in [1.807, 2.05) is 0 Å². The lowest BCUT2D eigenvalue weighted by molar-refractivity contribution is -0.384. The van der Waals surface area contributed by atoms with E-state index in [1.54, 1.807) is 0 Å². The number of nitro groups is 1. The van der Waals surface area contributed by atoms with Gasteiger partial charge in [0.1, 0.15) is 11.4 Å². The van der Waals surface area contributed by atoms with Crippen molar-refractivity contribution in [1.82, 2.24) is 0 Å². The van der Waals surface area contributed by atoms with Crippen LogP contribution >= 0.6 is 0 Å². The zero-order chi connectivity index (χ0) is 14.5. The smallest absolute Gasteiger partial charge is 0.389 e. The molecule has 0 saturated heterocycles. The van der Waals surface area contributed by atoms with Crippen molar-refractivity contribution in [3.8, 4) is 5.75 Å². The lowest BCUT2D eigenvalue weighted by Gasteiger charge is -2.10. The van der Waals surface area contributed by atoms with E-state index < -0.39 is 17.5 Å². The third kappa shape index (κ3) is 5.02. The van der Waals surface area contributed by atoms with Crippen LogP contribution in [0.3, 0.4) is 0 Å². The van der Waals surface area contributed by atoms with Crippen molar-refractivity contribution in [2.75, 3.05) is 19.0 Å². The lowest BCUT2D eigenvalue weighted by atomic mass is 10.2. The first-order valence-corrected chi connectivity index (χ1v) is 5.46. The van der Waals surface area contributed by atoms with Gasteiger partial charge < -0.3 is 10.1 Å². The Hall–Kier alpha value is -1.99. The Kier molecular flexibility index (Phi) is 4.96. The summed E-state index contributed by atoms with van der Waals surface area (Å²) in [5.41, 5.74) is -0.0562. The molecule has 0 fully saturated rings. The Bertz CT molecular complexity index is 449. The van der Waals surface area contributed by atoms with E-state index in [0.29, 0.717) is 5.75 Å². The molecule has 8 heteroatoms. The van der Waals surface area contributed by atoms with Crippen molar-refractivity contribution in [1.29, 1.82) is 0 Å². The Labute approximate surface area is 107 Å². The van der Waals surface area contributed by atoms with Crippen molar-refractivity contribution in [2.24, 2.45) is 0 Å².